The number of aromatic nitrogens is 1. The highest BCUT2D eigenvalue weighted by atomic mass is 32.1. The van der Waals surface area contributed by atoms with Crippen molar-refractivity contribution >= 4 is 44.0 Å². The monoisotopic (exact) mass is 516 g/mol. The van der Waals surface area contributed by atoms with Crippen molar-refractivity contribution in [2.45, 2.75) is 0 Å². The van der Waals surface area contributed by atoms with Gasteiger partial charge in [0.25, 0.3) is 17.3 Å². The van der Waals surface area contributed by atoms with Gasteiger partial charge < -0.3 is 19.7 Å². The Bertz CT molecular complexity index is 1270. The van der Waals surface area contributed by atoms with Gasteiger partial charge in [0.05, 0.1) is 40.4 Å². The van der Waals surface area contributed by atoms with Gasteiger partial charge in [-0.05, 0) is 12.1 Å². The molecule has 1 fully saturated rings. The predicted molar refractivity (Wildman–Crippen MR) is 133 cm³/mol. The molecule has 1 amide bonds. The van der Waals surface area contributed by atoms with Gasteiger partial charge in [0, 0.05) is 51.4 Å². The SMILES string of the molecule is COc1ccc2sc(N3CCN(CCNC(=O)c4cc([N+](=O)[O-])cc([N+](=O)[O-])c4)CC3)nc2c1OC. The number of rotatable bonds is 9. The molecule has 0 saturated carbocycles. The molecule has 0 spiro atoms. The molecule has 0 atom stereocenters. The van der Waals surface area contributed by atoms with Crippen molar-refractivity contribution in [3.63, 3.8) is 0 Å². The maximum absolute atomic E-state index is 12.4. The van der Waals surface area contributed by atoms with E-state index in [4.69, 9.17) is 14.5 Å². The van der Waals surface area contributed by atoms with E-state index in [2.05, 4.69) is 15.1 Å². The van der Waals surface area contributed by atoms with Crippen molar-refractivity contribution in [1.29, 1.82) is 0 Å². The van der Waals surface area contributed by atoms with Gasteiger partial charge in [0.15, 0.2) is 16.6 Å². The minimum absolute atomic E-state index is 0.122. The van der Waals surface area contributed by atoms with Gasteiger partial charge in [-0.15, -0.1) is 0 Å². The molecule has 1 saturated heterocycles. The van der Waals surface area contributed by atoms with E-state index >= 15 is 0 Å². The van der Waals surface area contributed by atoms with Crippen LogP contribution >= 0.6 is 11.3 Å². The number of anilines is 1. The molecule has 2 aromatic carbocycles. The molecule has 0 unspecified atom stereocenters. The number of methoxy groups -OCH3 is 2. The quantitative estimate of drug-likeness (QED) is 0.332. The van der Waals surface area contributed by atoms with E-state index in [0.29, 0.717) is 24.6 Å². The Morgan fingerprint density at radius 1 is 1.06 bits per heavy atom. The van der Waals surface area contributed by atoms with E-state index in [1.807, 2.05) is 12.1 Å². The number of benzene rings is 2. The second-order valence-electron chi connectivity index (χ2n) is 7.98. The van der Waals surface area contributed by atoms with Crippen molar-refractivity contribution < 1.29 is 24.1 Å². The van der Waals surface area contributed by atoms with E-state index in [1.165, 1.54) is 0 Å². The number of nitro benzene ring substituents is 2. The molecule has 1 aliphatic rings. The third-order valence-electron chi connectivity index (χ3n) is 5.83. The fourth-order valence-electron chi connectivity index (χ4n) is 3.96. The molecule has 4 rings (SSSR count). The topological polar surface area (TPSA) is 153 Å². The first-order chi connectivity index (χ1) is 17.3. The second kappa shape index (κ2) is 10.7. The summed E-state index contributed by atoms with van der Waals surface area (Å²) in [4.78, 5) is 42.1. The first-order valence-electron chi connectivity index (χ1n) is 11.0. The molecular formula is C22H24N6O7S. The minimum atomic E-state index is -0.763. The van der Waals surface area contributed by atoms with E-state index < -0.39 is 27.1 Å². The number of ether oxygens (including phenoxy) is 2. The predicted octanol–water partition coefficient (Wildman–Crippen LogP) is 2.68. The van der Waals surface area contributed by atoms with Crippen LogP contribution in [0.4, 0.5) is 16.5 Å². The third kappa shape index (κ3) is 5.28. The molecule has 1 N–H and O–H groups in total. The summed E-state index contributed by atoms with van der Waals surface area (Å²) >= 11 is 1.59. The average Bonchev–Trinajstić information content (AvgIpc) is 3.32. The zero-order chi connectivity index (χ0) is 25.8. The molecule has 13 nitrogen and oxygen atoms in total. The van der Waals surface area contributed by atoms with Crippen LogP contribution in [0.25, 0.3) is 10.2 Å². The van der Waals surface area contributed by atoms with Crippen LogP contribution in [-0.4, -0.2) is 79.1 Å². The summed E-state index contributed by atoms with van der Waals surface area (Å²) in [7, 11) is 3.18. The van der Waals surface area contributed by atoms with Crippen molar-refractivity contribution in [3.8, 4) is 11.5 Å². The van der Waals surface area contributed by atoms with Crippen molar-refractivity contribution in [3.05, 3.63) is 56.1 Å². The number of carbonyl (C=O) groups is 1. The maximum atomic E-state index is 12.4. The zero-order valence-corrected chi connectivity index (χ0v) is 20.4. The lowest BCUT2D eigenvalue weighted by Gasteiger charge is -2.34. The van der Waals surface area contributed by atoms with Gasteiger partial charge in [-0.1, -0.05) is 11.3 Å². The molecular weight excluding hydrogens is 492 g/mol. The molecule has 2 heterocycles. The summed E-state index contributed by atoms with van der Waals surface area (Å²) in [5.41, 5.74) is -0.361. The van der Waals surface area contributed by atoms with E-state index in [1.54, 1.807) is 25.6 Å². The van der Waals surface area contributed by atoms with Crippen LogP contribution in [0.15, 0.2) is 30.3 Å². The fraction of sp³-hybridized carbons (Fsp3) is 0.364. The Morgan fingerprint density at radius 2 is 1.72 bits per heavy atom. The summed E-state index contributed by atoms with van der Waals surface area (Å²) < 4.78 is 11.9. The second-order valence-corrected chi connectivity index (χ2v) is 8.99. The normalized spacial score (nSPS) is 14.0. The van der Waals surface area contributed by atoms with Crippen molar-refractivity contribution in [2.24, 2.45) is 0 Å². The van der Waals surface area contributed by atoms with E-state index in [9.17, 15) is 25.0 Å². The third-order valence-corrected chi connectivity index (χ3v) is 6.92. The number of hydrogen-bond donors (Lipinski definition) is 1. The van der Waals surface area contributed by atoms with E-state index in [0.717, 1.165) is 59.7 Å². The van der Waals surface area contributed by atoms with Crippen LogP contribution in [0.1, 0.15) is 10.4 Å². The Hall–Kier alpha value is -4.04. The molecule has 0 aliphatic carbocycles. The van der Waals surface area contributed by atoms with Crippen molar-refractivity contribution in [1.82, 2.24) is 15.2 Å². The van der Waals surface area contributed by atoms with Crippen LogP contribution in [0.5, 0.6) is 11.5 Å². The number of carbonyl (C=O) groups excluding carboxylic acids is 1. The van der Waals surface area contributed by atoms with Crippen LogP contribution in [0, 0.1) is 20.2 Å². The number of hydrogen-bond acceptors (Lipinski definition) is 11. The Kier molecular flexibility index (Phi) is 7.45. The average molecular weight is 517 g/mol. The van der Waals surface area contributed by atoms with Crippen LogP contribution in [0.2, 0.25) is 0 Å². The van der Waals surface area contributed by atoms with Gasteiger partial charge in [-0.25, -0.2) is 4.98 Å². The fourth-order valence-corrected chi connectivity index (χ4v) is 4.98. The molecule has 190 valence electrons. The summed E-state index contributed by atoms with van der Waals surface area (Å²) in [6.45, 7) is 3.90. The summed E-state index contributed by atoms with van der Waals surface area (Å²) in [5.74, 6) is 0.647. The van der Waals surface area contributed by atoms with Gasteiger partial charge in [-0.3, -0.25) is 29.9 Å². The number of nitrogens with zero attached hydrogens (tertiary/aromatic N) is 5. The molecule has 1 aromatic heterocycles. The van der Waals surface area contributed by atoms with E-state index in [-0.39, 0.29) is 5.56 Å². The van der Waals surface area contributed by atoms with Gasteiger partial charge >= 0.3 is 0 Å². The molecule has 14 heteroatoms. The van der Waals surface area contributed by atoms with Crippen LogP contribution in [-0.2, 0) is 0 Å². The maximum Gasteiger partial charge on any atom is 0.277 e. The Morgan fingerprint density at radius 3 is 2.31 bits per heavy atom. The summed E-state index contributed by atoms with van der Waals surface area (Å²) in [5, 5.41) is 25.7. The highest BCUT2D eigenvalue weighted by Gasteiger charge is 2.23. The lowest BCUT2D eigenvalue weighted by Crippen LogP contribution is -2.48. The first-order valence-corrected chi connectivity index (χ1v) is 11.8. The van der Waals surface area contributed by atoms with Gasteiger partial charge in [-0.2, -0.15) is 0 Å². The number of nitrogens with one attached hydrogen (secondary N) is 1. The lowest BCUT2D eigenvalue weighted by atomic mass is 10.1. The highest BCUT2D eigenvalue weighted by molar-refractivity contribution is 7.22. The van der Waals surface area contributed by atoms with Crippen LogP contribution < -0.4 is 19.7 Å². The van der Waals surface area contributed by atoms with Crippen molar-refractivity contribution in [2.75, 3.05) is 58.4 Å². The Labute approximate surface area is 209 Å². The Balaban J connectivity index is 1.32. The number of amides is 1. The highest BCUT2D eigenvalue weighted by Crippen LogP contribution is 2.40. The number of nitro groups is 2. The summed E-state index contributed by atoms with van der Waals surface area (Å²) in [6.07, 6.45) is 0. The minimum Gasteiger partial charge on any atom is -0.493 e. The first kappa shape index (κ1) is 25.1. The molecule has 36 heavy (non-hydrogen) atoms. The number of fused-ring (bicyclic) bond motifs is 1. The van der Waals surface area contributed by atoms with Gasteiger partial charge in [0.1, 0.15) is 5.52 Å². The zero-order valence-electron chi connectivity index (χ0n) is 19.6. The number of piperazine rings is 1. The molecule has 0 radical (unpaired) electrons. The van der Waals surface area contributed by atoms with Crippen LogP contribution in [0.3, 0.4) is 0 Å². The smallest absolute Gasteiger partial charge is 0.277 e. The molecule has 0 bridgehead atoms. The molecule has 1 aliphatic heterocycles. The van der Waals surface area contributed by atoms with Gasteiger partial charge in [0.2, 0.25) is 0 Å². The standard InChI is InChI=1S/C22H24N6O7S/c1-34-17-3-4-18-19(20(17)35-2)24-22(36-18)26-9-7-25(8-10-26)6-5-23-21(29)14-11-15(27(30)31)13-16(12-14)28(32)33/h3-4,11-13H,5-10H2,1-2H3,(H,23,29). The number of thiazole rings is 1. The number of non-ortho nitro benzene ring substituents is 2. The largest absolute Gasteiger partial charge is 0.493 e. The molecule has 3 aromatic rings. The summed E-state index contributed by atoms with van der Waals surface area (Å²) in [6, 6.07) is 6.72. The lowest BCUT2D eigenvalue weighted by molar-refractivity contribution is -0.394.